The maximum absolute atomic E-state index is 12.5. The van der Waals surface area contributed by atoms with Crippen molar-refractivity contribution in [2.45, 2.75) is 33.2 Å². The van der Waals surface area contributed by atoms with Crippen LogP contribution in [0.5, 0.6) is 0 Å². The molecule has 6 nitrogen and oxygen atoms in total. The van der Waals surface area contributed by atoms with Crippen molar-refractivity contribution in [2.75, 3.05) is 39.0 Å². The van der Waals surface area contributed by atoms with E-state index in [1.807, 2.05) is 0 Å². The summed E-state index contributed by atoms with van der Waals surface area (Å²) < 4.78 is 24.6. The Labute approximate surface area is 157 Å². The van der Waals surface area contributed by atoms with Gasteiger partial charge in [-0.15, -0.1) is 0 Å². The molecule has 0 radical (unpaired) electrons. The van der Waals surface area contributed by atoms with Crippen LogP contribution in [0.1, 0.15) is 37.9 Å². The van der Waals surface area contributed by atoms with E-state index in [4.69, 9.17) is 0 Å². The summed E-state index contributed by atoms with van der Waals surface area (Å²) in [6.45, 7) is 8.32. The Morgan fingerprint density at radius 2 is 1.69 bits per heavy atom. The van der Waals surface area contributed by atoms with Crippen LogP contribution in [0.25, 0.3) is 0 Å². The average molecular weight is 382 g/mol. The molecule has 1 aromatic carbocycles. The summed E-state index contributed by atoms with van der Waals surface area (Å²) in [7, 11) is -3.17. The highest BCUT2D eigenvalue weighted by Crippen LogP contribution is 2.22. The van der Waals surface area contributed by atoms with Crippen LogP contribution >= 0.6 is 0 Å². The fourth-order valence-corrected chi connectivity index (χ4v) is 4.10. The van der Waals surface area contributed by atoms with Gasteiger partial charge in [0.2, 0.25) is 15.9 Å². The minimum absolute atomic E-state index is 0.0222. The highest BCUT2D eigenvalue weighted by Gasteiger charge is 2.26. The zero-order valence-electron chi connectivity index (χ0n) is 16.2. The van der Waals surface area contributed by atoms with Crippen LogP contribution in [-0.2, 0) is 21.2 Å². The molecule has 1 amide bonds. The molecule has 2 rings (SSSR count). The van der Waals surface area contributed by atoms with E-state index in [-0.39, 0.29) is 18.5 Å². The molecule has 0 saturated carbocycles. The van der Waals surface area contributed by atoms with Crippen molar-refractivity contribution in [2.24, 2.45) is 5.92 Å². The van der Waals surface area contributed by atoms with E-state index in [2.05, 4.69) is 50.4 Å². The molecule has 1 aliphatic rings. The normalized spacial score (nSPS) is 17.5. The largest absolute Gasteiger partial charge is 0.339 e. The lowest BCUT2D eigenvalue weighted by Gasteiger charge is -2.34. The zero-order valence-corrected chi connectivity index (χ0v) is 17.1. The highest BCUT2D eigenvalue weighted by molar-refractivity contribution is 7.88. The fraction of sp³-hybridized carbons (Fsp3) is 0.632. The van der Waals surface area contributed by atoms with Crippen LogP contribution in [0.2, 0.25) is 0 Å². The van der Waals surface area contributed by atoms with Gasteiger partial charge in [0.15, 0.2) is 0 Å². The Hall–Kier alpha value is -1.44. The van der Waals surface area contributed by atoms with Gasteiger partial charge in [0.05, 0.1) is 12.8 Å². The molecule has 1 heterocycles. The summed E-state index contributed by atoms with van der Waals surface area (Å²) in [5.41, 5.74) is 2.49. The molecule has 26 heavy (non-hydrogen) atoms. The molecule has 0 spiro atoms. The number of aryl methyl sites for hydroxylation is 1. The number of hydrogen-bond acceptors (Lipinski definition) is 4. The molecular formula is C19H31N3O3S. The zero-order chi connectivity index (χ0) is 19.3. The summed E-state index contributed by atoms with van der Waals surface area (Å²) in [6, 6.07) is 8.65. The highest BCUT2D eigenvalue weighted by atomic mass is 32.2. The lowest BCUT2D eigenvalue weighted by Crippen LogP contribution is -2.52. The number of nitrogens with zero attached hydrogens (tertiary/aromatic N) is 2. The van der Waals surface area contributed by atoms with Crippen LogP contribution < -0.4 is 5.32 Å². The number of sulfonamides is 1. The van der Waals surface area contributed by atoms with Crippen molar-refractivity contribution < 1.29 is 13.2 Å². The van der Waals surface area contributed by atoms with Gasteiger partial charge in [-0.05, 0) is 23.5 Å². The van der Waals surface area contributed by atoms with Gasteiger partial charge in [0.25, 0.3) is 0 Å². The van der Waals surface area contributed by atoms with Crippen LogP contribution in [-0.4, -0.2) is 62.5 Å². The van der Waals surface area contributed by atoms with Crippen molar-refractivity contribution in [1.29, 1.82) is 0 Å². The Morgan fingerprint density at radius 3 is 2.15 bits per heavy atom. The molecule has 1 atom stereocenters. The van der Waals surface area contributed by atoms with Crippen molar-refractivity contribution in [3.8, 4) is 0 Å². The van der Waals surface area contributed by atoms with Crippen molar-refractivity contribution in [3.05, 3.63) is 35.4 Å². The molecule has 1 fully saturated rings. The van der Waals surface area contributed by atoms with E-state index in [1.165, 1.54) is 21.7 Å². The second kappa shape index (κ2) is 8.97. The Morgan fingerprint density at radius 1 is 1.12 bits per heavy atom. The standard InChI is InChI=1S/C19H31N3O3S/c1-5-16-6-8-17(9-7-16)19(15(2)3)20-14-18(23)21-10-12-22(13-11-21)26(4,24)25/h6-9,15,19-20H,5,10-14H2,1-4H3/t19-/m0/s1. The minimum atomic E-state index is -3.17. The molecule has 0 aliphatic carbocycles. The monoisotopic (exact) mass is 381 g/mol. The first-order valence-electron chi connectivity index (χ1n) is 9.27. The van der Waals surface area contributed by atoms with E-state index in [9.17, 15) is 13.2 Å². The van der Waals surface area contributed by atoms with Crippen LogP contribution in [0.4, 0.5) is 0 Å². The van der Waals surface area contributed by atoms with E-state index in [0.29, 0.717) is 32.1 Å². The third-order valence-electron chi connectivity index (χ3n) is 4.95. The van der Waals surface area contributed by atoms with Crippen LogP contribution in [0.3, 0.4) is 0 Å². The van der Waals surface area contributed by atoms with Crippen LogP contribution in [0.15, 0.2) is 24.3 Å². The molecule has 1 aliphatic heterocycles. The molecular weight excluding hydrogens is 350 g/mol. The summed E-state index contributed by atoms with van der Waals surface area (Å²) in [5, 5.41) is 3.39. The number of carbonyl (C=O) groups is 1. The average Bonchev–Trinajstić information content (AvgIpc) is 2.61. The summed E-state index contributed by atoms with van der Waals surface area (Å²) in [4.78, 5) is 14.3. The van der Waals surface area contributed by atoms with Gasteiger partial charge in [0, 0.05) is 32.2 Å². The predicted octanol–water partition coefficient (Wildman–Crippen LogP) is 1.64. The number of hydrogen-bond donors (Lipinski definition) is 1. The number of piperazine rings is 1. The molecule has 1 saturated heterocycles. The van der Waals surface area contributed by atoms with Gasteiger partial charge in [-0.1, -0.05) is 45.0 Å². The summed E-state index contributed by atoms with van der Waals surface area (Å²) >= 11 is 0. The van der Waals surface area contributed by atoms with Crippen LogP contribution in [0, 0.1) is 5.92 Å². The SMILES string of the molecule is CCc1ccc([C@@H](NCC(=O)N2CCN(S(C)(=O)=O)CC2)C(C)C)cc1. The maximum atomic E-state index is 12.5. The van der Waals surface area contributed by atoms with Gasteiger partial charge < -0.3 is 10.2 Å². The Kier molecular flexibility index (Phi) is 7.20. The lowest BCUT2D eigenvalue weighted by atomic mass is 9.95. The molecule has 7 heteroatoms. The topological polar surface area (TPSA) is 69.7 Å². The number of amides is 1. The van der Waals surface area contributed by atoms with E-state index in [0.717, 1.165) is 6.42 Å². The predicted molar refractivity (Wildman–Crippen MR) is 104 cm³/mol. The van der Waals surface area contributed by atoms with Gasteiger partial charge in [-0.2, -0.15) is 4.31 Å². The van der Waals surface area contributed by atoms with Gasteiger partial charge in [-0.25, -0.2) is 8.42 Å². The van der Waals surface area contributed by atoms with Gasteiger partial charge >= 0.3 is 0 Å². The Balaban J connectivity index is 1.91. The summed E-state index contributed by atoms with van der Waals surface area (Å²) in [5.74, 6) is 0.381. The molecule has 0 aromatic heterocycles. The second-order valence-corrected chi connectivity index (χ2v) is 9.22. The molecule has 1 aromatic rings. The lowest BCUT2D eigenvalue weighted by molar-refractivity contribution is -0.131. The maximum Gasteiger partial charge on any atom is 0.236 e. The van der Waals surface area contributed by atoms with Crippen molar-refractivity contribution in [1.82, 2.24) is 14.5 Å². The second-order valence-electron chi connectivity index (χ2n) is 7.24. The fourth-order valence-electron chi connectivity index (χ4n) is 3.28. The van der Waals surface area contributed by atoms with Crippen molar-refractivity contribution in [3.63, 3.8) is 0 Å². The summed E-state index contributed by atoms with van der Waals surface area (Å²) in [6.07, 6.45) is 2.22. The van der Waals surface area contributed by atoms with Crippen molar-refractivity contribution >= 4 is 15.9 Å². The van der Waals surface area contributed by atoms with Gasteiger partial charge in [0.1, 0.15) is 0 Å². The first-order chi connectivity index (χ1) is 12.2. The number of benzene rings is 1. The third kappa shape index (κ3) is 5.53. The number of carbonyl (C=O) groups excluding carboxylic acids is 1. The van der Waals surface area contributed by atoms with E-state index in [1.54, 1.807) is 4.90 Å². The van der Waals surface area contributed by atoms with Gasteiger partial charge in [-0.3, -0.25) is 4.79 Å². The first kappa shape index (κ1) is 20.9. The number of rotatable bonds is 7. The molecule has 0 bridgehead atoms. The minimum Gasteiger partial charge on any atom is -0.339 e. The smallest absolute Gasteiger partial charge is 0.236 e. The number of nitrogens with one attached hydrogen (secondary N) is 1. The first-order valence-corrected chi connectivity index (χ1v) is 11.1. The molecule has 0 unspecified atom stereocenters. The quantitative estimate of drug-likeness (QED) is 0.780. The molecule has 146 valence electrons. The van der Waals surface area contributed by atoms with E-state index < -0.39 is 10.0 Å². The third-order valence-corrected chi connectivity index (χ3v) is 6.25. The Bertz CT molecular complexity index is 693. The molecule has 1 N–H and O–H groups in total. The van der Waals surface area contributed by atoms with E-state index >= 15 is 0 Å².